The second-order valence-corrected chi connectivity index (χ2v) is 17.1. The van der Waals surface area contributed by atoms with Crippen LogP contribution in [0.2, 0.25) is 0 Å². The van der Waals surface area contributed by atoms with Gasteiger partial charge in [-0.1, -0.05) is 185 Å². The Labute approximate surface area is 327 Å². The first-order chi connectivity index (χ1) is 27.3. The Bertz CT molecular complexity index is 3300. The second kappa shape index (κ2) is 11.1. The third-order valence-electron chi connectivity index (χ3n) is 13.6. The molecule has 2 aliphatic carbocycles. The van der Waals surface area contributed by atoms with E-state index in [1.54, 1.807) is 0 Å². The van der Waals surface area contributed by atoms with Crippen molar-refractivity contribution in [2.45, 2.75) is 38.5 Å². The lowest BCUT2D eigenvalue weighted by Gasteiger charge is -2.26. The van der Waals surface area contributed by atoms with E-state index in [1.807, 2.05) is 0 Å². The largest absolute Gasteiger partial charge is 0.0619 e. The van der Waals surface area contributed by atoms with Crippen LogP contribution in [-0.2, 0) is 10.8 Å². The highest BCUT2D eigenvalue weighted by atomic mass is 14.4. The molecule has 0 amide bonds. The molecule has 0 heteroatoms. The van der Waals surface area contributed by atoms with Crippen LogP contribution in [0.1, 0.15) is 49.9 Å². The molecule has 0 spiro atoms. The molecular weight excluding hydrogens is 673 g/mol. The van der Waals surface area contributed by atoms with Gasteiger partial charge < -0.3 is 0 Å². The van der Waals surface area contributed by atoms with Crippen molar-refractivity contribution in [2.24, 2.45) is 0 Å². The van der Waals surface area contributed by atoms with Crippen molar-refractivity contribution in [3.63, 3.8) is 0 Å². The van der Waals surface area contributed by atoms with E-state index in [0.717, 1.165) is 0 Å². The fourth-order valence-electron chi connectivity index (χ4n) is 11.2. The van der Waals surface area contributed by atoms with Gasteiger partial charge in [-0.25, -0.2) is 0 Å². The van der Waals surface area contributed by atoms with E-state index in [9.17, 15) is 0 Å². The summed E-state index contributed by atoms with van der Waals surface area (Å²) in [6.07, 6.45) is 0. The zero-order valence-corrected chi connectivity index (χ0v) is 32.2. The number of fused-ring (bicyclic) bond motifs is 15. The number of rotatable bonds is 2. The second-order valence-electron chi connectivity index (χ2n) is 17.1. The fourth-order valence-corrected chi connectivity index (χ4v) is 11.2. The zero-order valence-electron chi connectivity index (χ0n) is 32.2. The SMILES string of the molecule is CC1(C)c2ccccc2-c2ccc(-c3c4ccccc4c(-c4cc5c(c6ccccc46)C(C)(C)c4c-5c5ccccc5c5ccccc45)c4ccccc34)cc21. The highest BCUT2D eigenvalue weighted by Crippen LogP contribution is 2.59. The molecule has 10 aromatic rings. The van der Waals surface area contributed by atoms with Crippen LogP contribution in [0.5, 0.6) is 0 Å². The molecule has 0 atom stereocenters. The number of benzene rings is 10. The van der Waals surface area contributed by atoms with Crippen molar-refractivity contribution >= 4 is 53.9 Å². The molecule has 12 rings (SSSR count). The average Bonchev–Trinajstić information content (AvgIpc) is 3.62. The van der Waals surface area contributed by atoms with Gasteiger partial charge in [-0.05, 0) is 133 Å². The van der Waals surface area contributed by atoms with E-state index in [1.165, 1.54) is 121 Å². The summed E-state index contributed by atoms with van der Waals surface area (Å²) in [7, 11) is 0. The molecule has 0 fully saturated rings. The van der Waals surface area contributed by atoms with Crippen LogP contribution in [0, 0.1) is 0 Å². The van der Waals surface area contributed by atoms with Crippen LogP contribution in [0.4, 0.5) is 0 Å². The minimum Gasteiger partial charge on any atom is -0.0619 e. The highest BCUT2D eigenvalue weighted by Gasteiger charge is 2.41. The minimum atomic E-state index is -0.193. The van der Waals surface area contributed by atoms with Crippen molar-refractivity contribution in [3.8, 4) is 44.5 Å². The van der Waals surface area contributed by atoms with Crippen molar-refractivity contribution in [3.05, 3.63) is 192 Å². The maximum Gasteiger partial charge on any atom is 0.0171 e. The third kappa shape index (κ3) is 3.99. The standard InChI is InChI=1S/C56H40/c1-55(2)48-28-16-15-20-37(48)38-30-29-33(31-49(38)55)50-40-22-9-11-24-42(40)51(43-25-12-10-23-41(43)50)46-32-47-52-39-21-8-5-17-34(39)35-18-6-14-27-45(35)54(52)56(3,4)53(47)44-26-13-7-19-36(44)46/h5-32H,1-4H3. The van der Waals surface area contributed by atoms with Gasteiger partial charge in [0.1, 0.15) is 0 Å². The van der Waals surface area contributed by atoms with Crippen LogP contribution in [-0.4, -0.2) is 0 Å². The normalized spacial score (nSPS) is 14.7. The van der Waals surface area contributed by atoms with E-state index < -0.39 is 0 Å². The smallest absolute Gasteiger partial charge is 0.0171 e. The van der Waals surface area contributed by atoms with Gasteiger partial charge in [-0.3, -0.25) is 0 Å². The van der Waals surface area contributed by atoms with Gasteiger partial charge in [0.2, 0.25) is 0 Å². The minimum absolute atomic E-state index is 0.0730. The Kier molecular flexibility index (Phi) is 6.28. The lowest BCUT2D eigenvalue weighted by molar-refractivity contribution is 0.660. The number of hydrogen-bond acceptors (Lipinski definition) is 0. The van der Waals surface area contributed by atoms with Crippen LogP contribution in [0.15, 0.2) is 170 Å². The molecular formula is C56H40. The highest BCUT2D eigenvalue weighted by molar-refractivity contribution is 6.26. The van der Waals surface area contributed by atoms with Gasteiger partial charge in [-0.2, -0.15) is 0 Å². The first-order valence-corrected chi connectivity index (χ1v) is 20.0. The summed E-state index contributed by atoms with van der Waals surface area (Å²) < 4.78 is 0. The molecule has 0 saturated carbocycles. The van der Waals surface area contributed by atoms with Crippen molar-refractivity contribution in [1.29, 1.82) is 0 Å². The first kappa shape index (κ1) is 31.8. The van der Waals surface area contributed by atoms with Gasteiger partial charge in [0.05, 0.1) is 0 Å². The summed E-state index contributed by atoms with van der Waals surface area (Å²) in [5, 5.41) is 13.1. The van der Waals surface area contributed by atoms with Crippen molar-refractivity contribution in [1.82, 2.24) is 0 Å². The van der Waals surface area contributed by atoms with E-state index in [4.69, 9.17) is 0 Å². The Morgan fingerprint density at radius 1 is 0.268 bits per heavy atom. The molecule has 0 aromatic heterocycles. The fraction of sp³-hybridized carbons (Fsp3) is 0.107. The summed E-state index contributed by atoms with van der Waals surface area (Å²) in [5.74, 6) is 0. The molecule has 56 heavy (non-hydrogen) atoms. The summed E-state index contributed by atoms with van der Waals surface area (Å²) in [5.41, 5.74) is 16.1. The lowest BCUT2D eigenvalue weighted by Crippen LogP contribution is -2.16. The molecule has 2 aliphatic rings. The molecule has 0 N–H and O–H groups in total. The monoisotopic (exact) mass is 712 g/mol. The summed E-state index contributed by atoms with van der Waals surface area (Å²) in [4.78, 5) is 0. The Balaban J connectivity index is 1.19. The van der Waals surface area contributed by atoms with Crippen LogP contribution >= 0.6 is 0 Å². The van der Waals surface area contributed by atoms with Gasteiger partial charge in [0.15, 0.2) is 0 Å². The van der Waals surface area contributed by atoms with Crippen LogP contribution < -0.4 is 0 Å². The third-order valence-corrected chi connectivity index (χ3v) is 13.6. The molecule has 0 heterocycles. The molecule has 10 aromatic carbocycles. The molecule has 264 valence electrons. The molecule has 0 saturated heterocycles. The van der Waals surface area contributed by atoms with Gasteiger partial charge in [0, 0.05) is 10.8 Å². The molecule has 0 unspecified atom stereocenters. The van der Waals surface area contributed by atoms with Gasteiger partial charge >= 0.3 is 0 Å². The van der Waals surface area contributed by atoms with Gasteiger partial charge in [-0.15, -0.1) is 0 Å². The quantitative estimate of drug-likeness (QED) is 0.124. The van der Waals surface area contributed by atoms with Crippen molar-refractivity contribution < 1.29 is 0 Å². The van der Waals surface area contributed by atoms with Crippen LogP contribution in [0.25, 0.3) is 98.4 Å². The van der Waals surface area contributed by atoms with Crippen LogP contribution in [0.3, 0.4) is 0 Å². The molecule has 0 nitrogen and oxygen atoms in total. The summed E-state index contributed by atoms with van der Waals surface area (Å²) >= 11 is 0. The molecule has 0 radical (unpaired) electrons. The van der Waals surface area contributed by atoms with E-state index in [2.05, 4.69) is 198 Å². The zero-order chi connectivity index (χ0) is 37.5. The maximum absolute atomic E-state index is 2.56. The van der Waals surface area contributed by atoms with Gasteiger partial charge in [0.25, 0.3) is 0 Å². The predicted octanol–water partition coefficient (Wildman–Crippen LogP) is 15.4. The lowest BCUT2D eigenvalue weighted by atomic mass is 9.77. The van der Waals surface area contributed by atoms with E-state index in [-0.39, 0.29) is 10.8 Å². The molecule has 0 bridgehead atoms. The Morgan fingerprint density at radius 2 is 0.714 bits per heavy atom. The van der Waals surface area contributed by atoms with E-state index in [0.29, 0.717) is 0 Å². The predicted molar refractivity (Wildman–Crippen MR) is 240 cm³/mol. The summed E-state index contributed by atoms with van der Waals surface area (Å²) in [6.45, 7) is 9.65. The van der Waals surface area contributed by atoms with Crippen molar-refractivity contribution in [2.75, 3.05) is 0 Å². The topological polar surface area (TPSA) is 0 Å². The Morgan fingerprint density at radius 3 is 1.34 bits per heavy atom. The Hall–Kier alpha value is -6.50. The maximum atomic E-state index is 2.56. The first-order valence-electron chi connectivity index (χ1n) is 20.0. The molecule has 0 aliphatic heterocycles. The number of hydrogen-bond donors (Lipinski definition) is 0. The average molecular weight is 713 g/mol. The summed E-state index contributed by atoms with van der Waals surface area (Å²) in [6, 6.07) is 64.3. The van der Waals surface area contributed by atoms with E-state index >= 15 is 0 Å².